The number of hydrogen-bond donors (Lipinski definition) is 4. The highest BCUT2D eigenvalue weighted by atomic mass is 16.7. The van der Waals surface area contributed by atoms with Crippen LogP contribution in [0.1, 0.15) is 62.9 Å². The first kappa shape index (κ1) is 37.3. The molecule has 1 saturated heterocycles. The molecule has 1 aliphatic heterocycles. The molecule has 3 rings (SSSR count). The number of fused-ring (bicyclic) bond motifs is 1. The predicted molar refractivity (Wildman–Crippen MR) is 168 cm³/mol. The summed E-state index contributed by atoms with van der Waals surface area (Å²) in [5, 5.41) is 25.2. The summed E-state index contributed by atoms with van der Waals surface area (Å²) in [5.41, 5.74) is 0.417. The van der Waals surface area contributed by atoms with Crippen LogP contribution in [0.3, 0.4) is 0 Å². The van der Waals surface area contributed by atoms with E-state index in [-0.39, 0.29) is 43.1 Å². The minimum atomic E-state index is -1.40. The summed E-state index contributed by atoms with van der Waals surface area (Å²) in [5.74, 6) is -2.80. The third-order valence-electron chi connectivity index (χ3n) is 7.29. The van der Waals surface area contributed by atoms with Crippen LogP contribution < -0.4 is 10.6 Å². The van der Waals surface area contributed by atoms with Crippen LogP contribution in [0.5, 0.6) is 0 Å². The fraction of sp³-hybridized carbons (Fsp3) is 0.545. The first-order valence-corrected chi connectivity index (χ1v) is 15.3. The minimum absolute atomic E-state index is 0.0567. The van der Waals surface area contributed by atoms with E-state index in [1.807, 2.05) is 0 Å². The number of nitrogens with one attached hydrogen (secondary N) is 2. The number of benzene rings is 1. The number of amides is 3. The summed E-state index contributed by atoms with van der Waals surface area (Å²) in [6.07, 6.45) is 0.933. The predicted octanol–water partition coefficient (Wildman–Crippen LogP) is 0.850. The second-order valence-corrected chi connectivity index (χ2v) is 12.6. The molecule has 14 nitrogen and oxygen atoms in total. The van der Waals surface area contributed by atoms with Crippen molar-refractivity contribution in [2.45, 2.75) is 89.1 Å². The van der Waals surface area contributed by atoms with Crippen molar-refractivity contribution >= 4 is 35.7 Å². The van der Waals surface area contributed by atoms with E-state index in [9.17, 15) is 34.2 Å². The zero-order valence-electron chi connectivity index (χ0n) is 27.6. The molecule has 6 atom stereocenters. The smallest absolute Gasteiger partial charge is 0.338 e. The van der Waals surface area contributed by atoms with Crippen molar-refractivity contribution in [1.82, 2.24) is 15.5 Å². The average molecular weight is 660 g/mol. The van der Waals surface area contributed by atoms with E-state index in [1.54, 1.807) is 65.2 Å². The third-order valence-corrected chi connectivity index (χ3v) is 7.29. The molecule has 0 saturated carbocycles. The Morgan fingerprint density at radius 2 is 1.77 bits per heavy atom. The highest BCUT2D eigenvalue weighted by Gasteiger charge is 2.43. The van der Waals surface area contributed by atoms with Crippen molar-refractivity contribution in [2.24, 2.45) is 0 Å². The number of ether oxygens (including phenoxy) is 4. The molecule has 0 bridgehead atoms. The lowest BCUT2D eigenvalue weighted by Crippen LogP contribution is -2.55. The van der Waals surface area contributed by atoms with Gasteiger partial charge in [0.05, 0.1) is 24.3 Å². The van der Waals surface area contributed by atoms with Gasteiger partial charge >= 0.3 is 11.9 Å². The lowest BCUT2D eigenvalue weighted by molar-refractivity contribution is -0.155. The Balaban J connectivity index is 1.64. The monoisotopic (exact) mass is 659 g/mol. The Hall–Kier alpha value is -4.11. The summed E-state index contributed by atoms with van der Waals surface area (Å²) >= 11 is 0. The first-order chi connectivity index (χ1) is 22.1. The molecular formula is C33H45N3O11. The van der Waals surface area contributed by atoms with Crippen LogP contribution in [0.2, 0.25) is 0 Å². The molecule has 0 unspecified atom stereocenters. The van der Waals surface area contributed by atoms with Crippen molar-refractivity contribution < 1.29 is 53.1 Å². The van der Waals surface area contributed by atoms with Crippen LogP contribution in [0.4, 0.5) is 0 Å². The van der Waals surface area contributed by atoms with E-state index in [4.69, 9.17) is 18.9 Å². The highest BCUT2D eigenvalue weighted by molar-refractivity contribution is 5.98. The average Bonchev–Trinajstić information content (AvgIpc) is 3.48. The van der Waals surface area contributed by atoms with Gasteiger partial charge in [0, 0.05) is 38.6 Å². The van der Waals surface area contributed by atoms with E-state index in [0.29, 0.717) is 5.56 Å². The number of esters is 2. The molecule has 1 aromatic carbocycles. The fourth-order valence-corrected chi connectivity index (χ4v) is 4.80. The zero-order valence-corrected chi connectivity index (χ0v) is 27.6. The molecule has 1 aliphatic carbocycles. The maximum Gasteiger partial charge on any atom is 0.338 e. The number of rotatable bonds is 13. The molecule has 14 heteroatoms. The van der Waals surface area contributed by atoms with E-state index >= 15 is 0 Å². The second kappa shape index (κ2) is 16.6. The Bertz CT molecular complexity index is 1350. The molecular weight excluding hydrogens is 614 g/mol. The third kappa shape index (κ3) is 11.3. The van der Waals surface area contributed by atoms with Gasteiger partial charge in [-0.25, -0.2) is 4.79 Å². The summed E-state index contributed by atoms with van der Waals surface area (Å²) in [4.78, 5) is 64.7. The molecule has 1 heterocycles. The largest absolute Gasteiger partial charge is 0.460 e. The Kier molecular flexibility index (Phi) is 13.2. The Morgan fingerprint density at radius 3 is 2.36 bits per heavy atom. The zero-order chi connectivity index (χ0) is 34.9. The van der Waals surface area contributed by atoms with Gasteiger partial charge in [-0.3, -0.25) is 19.2 Å². The number of carbonyl (C=O) groups excluding carboxylic acids is 5. The van der Waals surface area contributed by atoms with E-state index in [1.165, 1.54) is 24.0 Å². The minimum Gasteiger partial charge on any atom is -0.460 e. The van der Waals surface area contributed by atoms with Crippen LogP contribution in [-0.4, -0.2) is 114 Å². The first-order valence-electron chi connectivity index (χ1n) is 15.3. The normalized spacial score (nSPS) is 21.1. The van der Waals surface area contributed by atoms with Crippen LogP contribution in [0, 0.1) is 0 Å². The SMILES string of the molecule is C[C@H](O)[C@@H](NC(=O)C1=C[C@H]2OCO[C@H]2[C@H](OC(=O)c2ccc(C=CC(=O)N(C)C)cc2)C1)C(=O)N[C@H](CO)CCC(=O)OC(C)(C)C. The summed E-state index contributed by atoms with van der Waals surface area (Å²) in [6.45, 7) is 5.94. The molecule has 0 radical (unpaired) electrons. The fourth-order valence-electron chi connectivity index (χ4n) is 4.80. The maximum absolute atomic E-state index is 13.3. The van der Waals surface area contributed by atoms with E-state index in [2.05, 4.69) is 10.6 Å². The van der Waals surface area contributed by atoms with Crippen LogP contribution in [0.25, 0.3) is 6.08 Å². The van der Waals surface area contributed by atoms with Crippen LogP contribution in [0.15, 0.2) is 42.0 Å². The number of hydrogen-bond acceptors (Lipinski definition) is 11. The lowest BCUT2D eigenvalue weighted by atomic mass is 9.91. The standard InChI is InChI=1S/C33H45N3O11/c1-19(38)28(31(42)34-23(17-37)12-14-27(40)47-33(2,3)4)35-30(41)22-15-24-29(45-18-44-24)25(16-22)46-32(43)21-10-7-20(8-11-21)9-13-26(39)36(5)6/h7-11,13,15,19,23-25,28-29,37-38H,12,14,16-18H2,1-6H3,(H,34,42)(H,35,41)/t19-,23-,24+,25+,28+,29+/m0/s1. The number of aliphatic hydroxyl groups excluding tert-OH is 2. The van der Waals surface area contributed by atoms with Gasteiger partial charge in [0.15, 0.2) is 0 Å². The van der Waals surface area contributed by atoms with Gasteiger partial charge in [0.1, 0.15) is 36.7 Å². The Morgan fingerprint density at radius 1 is 1.09 bits per heavy atom. The number of nitrogens with zero attached hydrogens (tertiary/aromatic N) is 1. The molecule has 1 aromatic rings. The van der Waals surface area contributed by atoms with Gasteiger partial charge in [0.2, 0.25) is 17.7 Å². The Labute approximate surface area is 274 Å². The molecule has 258 valence electrons. The molecule has 1 fully saturated rings. The van der Waals surface area contributed by atoms with Crippen LogP contribution in [-0.2, 0) is 38.1 Å². The van der Waals surface area contributed by atoms with Crippen molar-refractivity contribution in [2.75, 3.05) is 27.5 Å². The van der Waals surface area contributed by atoms with Crippen molar-refractivity contribution in [3.8, 4) is 0 Å². The molecule has 0 aromatic heterocycles. The topological polar surface area (TPSA) is 190 Å². The van der Waals surface area contributed by atoms with Crippen LogP contribution >= 0.6 is 0 Å². The summed E-state index contributed by atoms with van der Waals surface area (Å²) in [7, 11) is 3.28. The number of likely N-dealkylation sites (N-methyl/N-ethyl adjacent to an activating group) is 1. The maximum atomic E-state index is 13.3. The van der Waals surface area contributed by atoms with Crippen molar-refractivity contribution in [1.29, 1.82) is 0 Å². The van der Waals surface area contributed by atoms with Crippen molar-refractivity contribution in [3.05, 3.63) is 53.1 Å². The molecule has 0 spiro atoms. The van der Waals surface area contributed by atoms with Gasteiger partial charge in [0.25, 0.3) is 0 Å². The lowest BCUT2D eigenvalue weighted by Gasteiger charge is -2.31. The molecule has 3 amide bonds. The quantitative estimate of drug-likeness (QED) is 0.174. The van der Waals surface area contributed by atoms with E-state index < -0.39 is 72.5 Å². The molecule has 47 heavy (non-hydrogen) atoms. The van der Waals surface area contributed by atoms with E-state index in [0.717, 1.165) is 0 Å². The van der Waals surface area contributed by atoms with Gasteiger partial charge in [-0.2, -0.15) is 0 Å². The summed E-state index contributed by atoms with van der Waals surface area (Å²) in [6, 6.07) is 4.19. The molecule has 2 aliphatic rings. The van der Waals surface area contributed by atoms with Gasteiger partial charge in [-0.15, -0.1) is 0 Å². The second-order valence-electron chi connectivity index (χ2n) is 12.6. The van der Waals surface area contributed by atoms with Gasteiger partial charge in [-0.05, 0) is 64.0 Å². The highest BCUT2D eigenvalue weighted by Crippen LogP contribution is 2.31. The molecule has 4 N–H and O–H groups in total. The van der Waals surface area contributed by atoms with Gasteiger partial charge < -0.3 is 44.7 Å². The summed E-state index contributed by atoms with van der Waals surface area (Å²) < 4.78 is 22.2. The van der Waals surface area contributed by atoms with Gasteiger partial charge in [-0.1, -0.05) is 12.1 Å². The number of aliphatic hydroxyl groups is 2. The van der Waals surface area contributed by atoms with Crippen molar-refractivity contribution in [3.63, 3.8) is 0 Å². The number of carbonyl (C=O) groups is 5.